The van der Waals surface area contributed by atoms with Crippen molar-refractivity contribution in [3.63, 3.8) is 0 Å². The molecule has 10 heavy (non-hydrogen) atoms. The maximum Gasteiger partial charge on any atom is 0.307 e. The molecule has 1 amide bonds. The van der Waals surface area contributed by atoms with Gasteiger partial charge in [-0.2, -0.15) is 0 Å². The minimum Gasteiger partial charge on any atom is -0.361 e. The number of quaternary nitrogens is 1. The zero-order valence-electron chi connectivity index (χ0n) is 5.90. The predicted molar refractivity (Wildman–Crippen MR) is 34.2 cm³/mol. The van der Waals surface area contributed by atoms with E-state index < -0.39 is 5.91 Å². The fourth-order valence-electron chi connectivity index (χ4n) is 0.732. The summed E-state index contributed by atoms with van der Waals surface area (Å²) in [5.74, 6) is -0.477. The Kier molecular flexibility index (Phi) is 1.29. The fraction of sp³-hybridized carbons (Fsp3) is 0.400. The SMILES string of the molecule is C[N+]1(C)N=NC=C1C(N)=O. The second kappa shape index (κ2) is 1.88. The topological polar surface area (TPSA) is 67.8 Å². The van der Waals surface area contributed by atoms with Crippen molar-refractivity contribution in [2.45, 2.75) is 0 Å². The van der Waals surface area contributed by atoms with Crippen molar-refractivity contribution >= 4 is 5.91 Å². The van der Waals surface area contributed by atoms with Crippen molar-refractivity contribution in [3.05, 3.63) is 11.9 Å². The molecule has 0 saturated heterocycles. The van der Waals surface area contributed by atoms with Gasteiger partial charge in [-0.25, -0.2) is 0 Å². The molecule has 0 unspecified atom stereocenters. The summed E-state index contributed by atoms with van der Waals surface area (Å²) in [6, 6.07) is 0. The van der Waals surface area contributed by atoms with Gasteiger partial charge >= 0.3 is 5.91 Å². The highest BCUT2D eigenvalue weighted by Crippen LogP contribution is 2.17. The largest absolute Gasteiger partial charge is 0.361 e. The van der Waals surface area contributed by atoms with Crippen molar-refractivity contribution in [1.29, 1.82) is 0 Å². The Labute approximate surface area is 58.4 Å². The van der Waals surface area contributed by atoms with Crippen LogP contribution in [0.4, 0.5) is 0 Å². The van der Waals surface area contributed by atoms with Gasteiger partial charge < -0.3 is 5.73 Å². The van der Waals surface area contributed by atoms with E-state index in [9.17, 15) is 4.79 Å². The van der Waals surface area contributed by atoms with E-state index in [1.165, 1.54) is 6.20 Å². The Hall–Kier alpha value is -1.23. The van der Waals surface area contributed by atoms with Crippen LogP contribution in [0.3, 0.4) is 0 Å². The third-order valence-electron chi connectivity index (χ3n) is 1.30. The van der Waals surface area contributed by atoms with Crippen LogP contribution >= 0.6 is 0 Å². The van der Waals surface area contributed by atoms with Gasteiger partial charge in [0.05, 0.1) is 14.1 Å². The van der Waals surface area contributed by atoms with Crippen LogP contribution in [-0.4, -0.2) is 24.6 Å². The molecule has 0 saturated carbocycles. The standard InChI is InChI=1S/C5H8N4O/c1-9(2)4(5(6)10)3-7-8-9/h3H,1-2H3,(H-,6,10)/p+1. The lowest BCUT2D eigenvalue weighted by Gasteiger charge is -2.15. The van der Waals surface area contributed by atoms with E-state index in [-0.39, 0.29) is 4.59 Å². The van der Waals surface area contributed by atoms with Gasteiger partial charge in [-0.05, 0) is 0 Å². The third kappa shape index (κ3) is 0.906. The summed E-state index contributed by atoms with van der Waals surface area (Å²) in [6.07, 6.45) is 1.38. The lowest BCUT2D eigenvalue weighted by molar-refractivity contribution is -0.855. The first kappa shape index (κ1) is 6.88. The molecular weight excluding hydrogens is 132 g/mol. The van der Waals surface area contributed by atoms with Gasteiger partial charge in [-0.1, -0.05) is 0 Å². The second-order valence-corrected chi connectivity index (χ2v) is 2.48. The quantitative estimate of drug-likeness (QED) is 0.503. The van der Waals surface area contributed by atoms with Gasteiger partial charge in [-0.15, -0.1) is 9.71 Å². The number of amides is 1. The number of nitrogens with zero attached hydrogens (tertiary/aromatic N) is 3. The number of nitrogens with two attached hydrogens (primary N) is 1. The van der Waals surface area contributed by atoms with Crippen LogP contribution in [0.15, 0.2) is 22.2 Å². The molecule has 0 radical (unpaired) electrons. The monoisotopic (exact) mass is 141 g/mol. The summed E-state index contributed by atoms with van der Waals surface area (Å²) in [5.41, 5.74) is 5.43. The van der Waals surface area contributed by atoms with Gasteiger partial charge in [0.2, 0.25) is 5.70 Å². The first-order chi connectivity index (χ1) is 4.54. The van der Waals surface area contributed by atoms with Crippen LogP contribution in [0, 0.1) is 0 Å². The highest BCUT2D eigenvalue weighted by atomic mass is 16.1. The summed E-state index contributed by atoms with van der Waals surface area (Å²) in [4.78, 5) is 10.6. The molecule has 0 aromatic rings. The van der Waals surface area contributed by atoms with Crippen molar-refractivity contribution < 1.29 is 9.39 Å². The van der Waals surface area contributed by atoms with E-state index in [4.69, 9.17) is 5.73 Å². The van der Waals surface area contributed by atoms with Crippen LogP contribution in [0.2, 0.25) is 0 Å². The molecule has 1 aliphatic heterocycles. The smallest absolute Gasteiger partial charge is 0.307 e. The molecule has 0 aliphatic carbocycles. The predicted octanol–water partition coefficient (Wildman–Crippen LogP) is -0.230. The lowest BCUT2D eigenvalue weighted by atomic mass is 10.4. The van der Waals surface area contributed by atoms with Crippen LogP contribution < -0.4 is 5.73 Å². The molecule has 0 atom stereocenters. The van der Waals surface area contributed by atoms with E-state index in [2.05, 4.69) is 10.3 Å². The summed E-state index contributed by atoms with van der Waals surface area (Å²) in [7, 11) is 3.46. The first-order valence-corrected chi connectivity index (χ1v) is 2.81. The number of hydrogen-bond acceptors (Lipinski definition) is 3. The van der Waals surface area contributed by atoms with Crippen molar-refractivity contribution in [3.8, 4) is 0 Å². The molecule has 0 aromatic heterocycles. The Morgan fingerprint density at radius 3 is 2.50 bits per heavy atom. The minimum absolute atomic E-state index is 0.0926. The maximum absolute atomic E-state index is 10.6. The Morgan fingerprint density at radius 2 is 2.30 bits per heavy atom. The summed E-state index contributed by atoms with van der Waals surface area (Å²) >= 11 is 0. The second-order valence-electron chi connectivity index (χ2n) is 2.48. The molecule has 54 valence electrons. The van der Waals surface area contributed by atoms with E-state index in [1.54, 1.807) is 14.1 Å². The molecule has 0 fully saturated rings. The molecule has 5 heteroatoms. The molecule has 0 spiro atoms. The van der Waals surface area contributed by atoms with E-state index in [0.29, 0.717) is 5.70 Å². The molecule has 1 aliphatic rings. The Balaban J connectivity index is 2.93. The minimum atomic E-state index is -0.477. The van der Waals surface area contributed by atoms with Gasteiger partial charge in [-0.3, -0.25) is 4.79 Å². The third-order valence-corrected chi connectivity index (χ3v) is 1.30. The number of carbonyl (C=O) groups excluding carboxylic acids is 1. The zero-order valence-corrected chi connectivity index (χ0v) is 5.90. The van der Waals surface area contributed by atoms with Crippen molar-refractivity contribution in [1.82, 2.24) is 0 Å². The normalized spacial score (nSPS) is 20.8. The molecule has 5 nitrogen and oxygen atoms in total. The number of likely N-dealkylation sites (N-methyl/N-ethyl adjacent to an activating group) is 1. The number of primary amides is 1. The van der Waals surface area contributed by atoms with Crippen LogP contribution in [-0.2, 0) is 4.79 Å². The van der Waals surface area contributed by atoms with Gasteiger partial charge in [0.1, 0.15) is 6.20 Å². The van der Waals surface area contributed by atoms with Crippen LogP contribution in [0.1, 0.15) is 0 Å². The van der Waals surface area contributed by atoms with Crippen LogP contribution in [0.5, 0.6) is 0 Å². The summed E-state index contributed by atoms with van der Waals surface area (Å²) in [6.45, 7) is 0. The van der Waals surface area contributed by atoms with E-state index >= 15 is 0 Å². The number of hydrogen-bond donors (Lipinski definition) is 1. The molecule has 1 rings (SSSR count). The summed E-state index contributed by atoms with van der Waals surface area (Å²) < 4.78 is 0.0926. The average Bonchev–Trinajstić information content (AvgIpc) is 2.08. The molecule has 2 N–H and O–H groups in total. The zero-order chi connectivity index (χ0) is 7.78. The highest BCUT2D eigenvalue weighted by molar-refractivity contribution is 5.89. The van der Waals surface area contributed by atoms with Gasteiger partial charge in [0.15, 0.2) is 0 Å². The highest BCUT2D eigenvalue weighted by Gasteiger charge is 2.31. The Morgan fingerprint density at radius 1 is 1.70 bits per heavy atom. The fourth-order valence-corrected chi connectivity index (χ4v) is 0.732. The lowest BCUT2D eigenvalue weighted by Crippen LogP contribution is -2.36. The van der Waals surface area contributed by atoms with E-state index in [0.717, 1.165) is 0 Å². The molecule has 1 heterocycles. The average molecular weight is 141 g/mol. The molecule has 0 aromatic carbocycles. The van der Waals surface area contributed by atoms with Crippen molar-refractivity contribution in [2.24, 2.45) is 16.1 Å². The molecule has 0 bridgehead atoms. The summed E-state index contributed by atoms with van der Waals surface area (Å²) in [5, 5.41) is 7.31. The number of rotatable bonds is 1. The van der Waals surface area contributed by atoms with Crippen LogP contribution in [0.25, 0.3) is 0 Å². The first-order valence-electron chi connectivity index (χ1n) is 2.81. The molecular formula is C5H9N4O+. The van der Waals surface area contributed by atoms with Gasteiger partial charge in [0.25, 0.3) is 0 Å². The number of carbonyl (C=O) groups is 1. The maximum atomic E-state index is 10.6. The van der Waals surface area contributed by atoms with E-state index in [1.807, 2.05) is 0 Å². The van der Waals surface area contributed by atoms with Crippen molar-refractivity contribution in [2.75, 3.05) is 14.1 Å². The Bertz CT molecular complexity index is 228. The van der Waals surface area contributed by atoms with Gasteiger partial charge in [0, 0.05) is 5.22 Å².